The molecule has 0 spiro atoms. The number of aromatic nitrogens is 3. The first kappa shape index (κ1) is 27.5. The highest BCUT2D eigenvalue weighted by molar-refractivity contribution is 7.81. The standard InChI is InChI=1S/C26H41N7O3S/c1-17(2)22-14-27-33-23(12-18(3)28-25(22)33)29-19-6-9-31(10-7-19)26(35)36-20-8-11-32(15-20)24(34)13-21(37)16-30(4)5/h12,14,17,19-21H,6-11,13,15-16H2,1-5H3,(H2,27,28,29,37)/p+2/t20-,21+/m0/s1. The number of hydrogen-bond acceptors (Lipinski definition) is 6. The van der Waals surface area contributed by atoms with Gasteiger partial charge in [-0.25, -0.2) is 4.79 Å². The molecule has 0 aliphatic carbocycles. The number of carbonyl (C=O) groups excluding carboxylic acids is 2. The third-order valence-electron chi connectivity index (χ3n) is 7.23. The van der Waals surface area contributed by atoms with Gasteiger partial charge in [0.05, 0.1) is 50.1 Å². The van der Waals surface area contributed by atoms with Gasteiger partial charge in [-0.05, 0) is 25.7 Å². The molecule has 3 N–H and O–H groups in total. The molecule has 2 aromatic rings. The van der Waals surface area contributed by atoms with Crippen LogP contribution < -0.4 is 14.7 Å². The van der Waals surface area contributed by atoms with Crippen molar-refractivity contribution in [3.05, 3.63) is 23.5 Å². The first-order chi connectivity index (χ1) is 17.6. The third-order valence-corrected chi connectivity index (χ3v) is 7.60. The minimum atomic E-state index is -0.275. The van der Waals surface area contributed by atoms with Crippen molar-refractivity contribution in [3.63, 3.8) is 0 Å². The van der Waals surface area contributed by atoms with Crippen molar-refractivity contribution >= 4 is 36.1 Å². The lowest BCUT2D eigenvalue weighted by Crippen LogP contribution is -3.06. The van der Waals surface area contributed by atoms with E-state index in [2.05, 4.69) is 57.1 Å². The van der Waals surface area contributed by atoms with Crippen LogP contribution in [0, 0.1) is 6.92 Å². The number of carbonyl (C=O) groups is 2. The average Bonchev–Trinajstić information content (AvgIpc) is 3.46. The minimum Gasteiger partial charge on any atom is -0.444 e. The van der Waals surface area contributed by atoms with Crippen LogP contribution in [0.1, 0.15) is 56.7 Å². The predicted molar refractivity (Wildman–Crippen MR) is 145 cm³/mol. The van der Waals surface area contributed by atoms with E-state index in [0.717, 1.165) is 36.5 Å². The lowest BCUT2D eigenvalue weighted by molar-refractivity contribution is -0.857. The molecule has 2 atom stereocenters. The van der Waals surface area contributed by atoms with Crippen LogP contribution in [0.2, 0.25) is 0 Å². The fourth-order valence-corrected chi connectivity index (χ4v) is 5.76. The Morgan fingerprint density at radius 3 is 2.62 bits per heavy atom. The van der Waals surface area contributed by atoms with Gasteiger partial charge in [0.2, 0.25) is 11.7 Å². The molecule has 0 saturated carbocycles. The Hall–Kier alpha value is -2.53. The smallest absolute Gasteiger partial charge is 0.410 e. The molecule has 4 heterocycles. The van der Waals surface area contributed by atoms with Gasteiger partial charge >= 0.3 is 6.09 Å². The number of quaternary nitrogens is 1. The summed E-state index contributed by atoms with van der Waals surface area (Å²) in [4.78, 5) is 35.0. The number of ether oxygens (including phenoxy) is 1. The topological polar surface area (TPSA) is 99.1 Å². The Labute approximate surface area is 225 Å². The summed E-state index contributed by atoms with van der Waals surface area (Å²) < 4.78 is 7.79. The molecule has 0 aromatic carbocycles. The number of aromatic amines is 1. The third kappa shape index (κ3) is 6.87. The zero-order valence-corrected chi connectivity index (χ0v) is 23.7. The molecule has 2 fully saturated rings. The number of nitrogens with zero attached hydrogens (tertiary/aromatic N) is 4. The number of thiol groups is 1. The van der Waals surface area contributed by atoms with Gasteiger partial charge in [0, 0.05) is 38.7 Å². The number of hydrogen-bond donors (Lipinski definition) is 4. The molecular weight excluding hydrogens is 490 g/mol. The highest BCUT2D eigenvalue weighted by Crippen LogP contribution is 2.21. The van der Waals surface area contributed by atoms with Crippen molar-refractivity contribution in [1.29, 1.82) is 0 Å². The Morgan fingerprint density at radius 1 is 1.24 bits per heavy atom. The number of rotatable bonds is 8. The predicted octanol–water partition coefficient (Wildman–Crippen LogP) is 1.03. The molecule has 2 saturated heterocycles. The van der Waals surface area contributed by atoms with Crippen LogP contribution in [-0.4, -0.2) is 96.1 Å². The number of nitrogens with one attached hydrogen (secondary N) is 3. The first-order valence-corrected chi connectivity index (χ1v) is 14.0. The van der Waals surface area contributed by atoms with E-state index in [1.54, 1.807) is 4.90 Å². The number of piperidine rings is 1. The van der Waals surface area contributed by atoms with Gasteiger partial charge in [-0.2, -0.15) is 12.6 Å². The summed E-state index contributed by atoms with van der Waals surface area (Å²) in [5.41, 5.74) is 3.11. The second kappa shape index (κ2) is 11.9. The molecule has 2 aromatic heterocycles. The van der Waals surface area contributed by atoms with E-state index in [4.69, 9.17) is 9.72 Å². The molecule has 0 bridgehead atoms. The van der Waals surface area contributed by atoms with Gasteiger partial charge in [-0.1, -0.05) is 13.8 Å². The minimum absolute atomic E-state index is 0.0360. The number of aryl methyl sites for hydroxylation is 1. The van der Waals surface area contributed by atoms with Gasteiger partial charge in [0.15, 0.2) is 0 Å². The largest absolute Gasteiger partial charge is 0.444 e. The summed E-state index contributed by atoms with van der Waals surface area (Å²) in [7, 11) is 4.11. The molecule has 0 radical (unpaired) electrons. The maximum atomic E-state index is 12.8. The summed E-state index contributed by atoms with van der Waals surface area (Å²) >= 11 is 4.55. The lowest BCUT2D eigenvalue weighted by Gasteiger charge is -2.31. The number of H-pyrrole nitrogens is 1. The number of amides is 2. The van der Waals surface area contributed by atoms with E-state index in [0.29, 0.717) is 44.9 Å². The van der Waals surface area contributed by atoms with Crippen LogP contribution in [0.15, 0.2) is 12.3 Å². The molecule has 4 rings (SSSR count). The number of likely N-dealkylation sites (tertiary alicyclic amines) is 2. The highest BCUT2D eigenvalue weighted by Gasteiger charge is 2.33. The van der Waals surface area contributed by atoms with E-state index in [1.807, 2.05) is 22.5 Å². The molecule has 2 aliphatic heterocycles. The van der Waals surface area contributed by atoms with Crippen molar-refractivity contribution in [1.82, 2.24) is 19.9 Å². The number of fused-ring (bicyclic) bond motifs is 1. The average molecular weight is 534 g/mol. The van der Waals surface area contributed by atoms with Gasteiger partial charge in [0.25, 0.3) is 5.65 Å². The summed E-state index contributed by atoms with van der Waals surface area (Å²) in [6.45, 7) is 9.56. The molecule has 2 aliphatic rings. The second-order valence-corrected chi connectivity index (χ2v) is 11.9. The quantitative estimate of drug-likeness (QED) is 0.300. The molecule has 10 nitrogen and oxygen atoms in total. The van der Waals surface area contributed by atoms with Gasteiger partial charge in [-0.15, -0.1) is 9.50 Å². The lowest BCUT2D eigenvalue weighted by atomic mass is 10.1. The maximum absolute atomic E-state index is 12.8. The van der Waals surface area contributed by atoms with Crippen molar-refractivity contribution in [2.75, 3.05) is 52.1 Å². The van der Waals surface area contributed by atoms with E-state index in [9.17, 15) is 9.59 Å². The maximum Gasteiger partial charge on any atom is 0.410 e. The molecule has 204 valence electrons. The van der Waals surface area contributed by atoms with Gasteiger partial charge in [-0.3, -0.25) is 9.89 Å². The van der Waals surface area contributed by atoms with Crippen LogP contribution in [0.3, 0.4) is 0 Å². The summed E-state index contributed by atoms with van der Waals surface area (Å²) in [5, 5.41) is 7.02. The van der Waals surface area contributed by atoms with E-state index in [-0.39, 0.29) is 29.4 Å². The molecule has 11 heteroatoms. The van der Waals surface area contributed by atoms with Gasteiger partial charge < -0.3 is 24.8 Å². The van der Waals surface area contributed by atoms with E-state index < -0.39 is 0 Å². The van der Waals surface area contributed by atoms with Crippen LogP contribution in [-0.2, 0) is 9.53 Å². The molecular formula is C26H43N7O3S+2. The van der Waals surface area contributed by atoms with E-state index >= 15 is 0 Å². The van der Waals surface area contributed by atoms with Crippen LogP contribution >= 0.6 is 12.6 Å². The summed E-state index contributed by atoms with van der Waals surface area (Å²) in [6, 6.07) is 2.31. The summed E-state index contributed by atoms with van der Waals surface area (Å²) in [5.74, 6) is 1.46. The van der Waals surface area contributed by atoms with Crippen LogP contribution in [0.5, 0.6) is 0 Å². The Bertz CT molecular complexity index is 1100. The van der Waals surface area contributed by atoms with Crippen molar-refractivity contribution in [3.8, 4) is 0 Å². The SMILES string of the molecule is Cc1cc(NC2CCN(C(=O)O[C@H]3CCN(C(=O)C[C@@H](S)C[NH+](C)C)C3)CC2)[n+]2[nH]cc(C(C)C)c2n1. The zero-order chi connectivity index (χ0) is 26.7. The fourth-order valence-electron chi connectivity index (χ4n) is 5.24. The van der Waals surface area contributed by atoms with Crippen molar-refractivity contribution in [2.24, 2.45) is 0 Å². The normalized spacial score (nSPS) is 19.7. The monoisotopic (exact) mass is 533 g/mol. The second-order valence-electron chi connectivity index (χ2n) is 11.1. The van der Waals surface area contributed by atoms with E-state index in [1.165, 1.54) is 10.5 Å². The molecule has 0 unspecified atom stereocenters. The van der Waals surface area contributed by atoms with Crippen molar-refractivity contribution < 1.29 is 23.7 Å². The molecule has 2 amide bonds. The van der Waals surface area contributed by atoms with Crippen LogP contribution in [0.25, 0.3) is 5.65 Å². The Morgan fingerprint density at radius 2 is 1.95 bits per heavy atom. The van der Waals surface area contributed by atoms with Crippen LogP contribution in [0.4, 0.5) is 10.6 Å². The highest BCUT2D eigenvalue weighted by atomic mass is 32.1. The Kier molecular flexibility index (Phi) is 8.84. The van der Waals surface area contributed by atoms with Gasteiger partial charge in [0.1, 0.15) is 11.8 Å². The van der Waals surface area contributed by atoms with Crippen molar-refractivity contribution in [2.45, 2.75) is 69.8 Å². The summed E-state index contributed by atoms with van der Waals surface area (Å²) in [6.07, 6.45) is 4.29. The Balaban J connectivity index is 1.25. The number of anilines is 1. The molecule has 37 heavy (non-hydrogen) atoms. The fraction of sp³-hybridized carbons (Fsp3) is 0.692. The zero-order valence-electron chi connectivity index (χ0n) is 22.8. The first-order valence-electron chi connectivity index (χ1n) is 13.5.